The van der Waals surface area contributed by atoms with E-state index in [-0.39, 0.29) is 30.9 Å². The summed E-state index contributed by atoms with van der Waals surface area (Å²) < 4.78 is 32.8. The number of amides is 1. The molecule has 3 aliphatic heterocycles. The molecule has 182 valence electrons. The molecule has 2 aromatic rings. The molecule has 0 N–H and O–H groups in total. The molecule has 1 fully saturated rings. The zero-order valence-electron chi connectivity index (χ0n) is 19.2. The van der Waals surface area contributed by atoms with Crippen molar-refractivity contribution < 1.29 is 38.0 Å². The molecule has 0 saturated carbocycles. The van der Waals surface area contributed by atoms with E-state index in [9.17, 15) is 9.59 Å². The molecule has 1 saturated heterocycles. The Balaban J connectivity index is 1.31. The van der Waals surface area contributed by atoms with Gasteiger partial charge in [0.05, 0.1) is 19.8 Å². The Morgan fingerprint density at radius 3 is 2.71 bits per heavy atom. The van der Waals surface area contributed by atoms with Gasteiger partial charge in [0.25, 0.3) is 5.91 Å². The highest BCUT2D eigenvalue weighted by Gasteiger charge is 2.26. The first-order valence-corrected chi connectivity index (χ1v) is 11.3. The minimum Gasteiger partial charge on any atom is -0.490 e. The second-order valence-corrected chi connectivity index (χ2v) is 7.83. The van der Waals surface area contributed by atoms with Crippen molar-refractivity contribution in [2.45, 2.75) is 6.92 Å². The molecule has 1 amide bonds. The second-order valence-electron chi connectivity index (χ2n) is 7.83. The van der Waals surface area contributed by atoms with Gasteiger partial charge in [-0.1, -0.05) is 6.07 Å². The number of benzene rings is 2. The van der Waals surface area contributed by atoms with E-state index in [1.54, 1.807) is 47.4 Å². The lowest BCUT2D eigenvalue weighted by Crippen LogP contribution is -2.43. The fraction of sp³-hybridized carbons (Fsp3) is 0.320. The molecule has 0 aliphatic carbocycles. The molecule has 0 unspecified atom stereocenters. The van der Waals surface area contributed by atoms with Crippen molar-refractivity contribution in [1.29, 1.82) is 0 Å². The first-order chi connectivity index (χ1) is 17.1. The maximum absolute atomic E-state index is 12.4. The lowest BCUT2D eigenvalue weighted by atomic mass is 10.1. The summed E-state index contributed by atoms with van der Waals surface area (Å²) in [6.07, 6.45) is 1.60. The summed E-state index contributed by atoms with van der Waals surface area (Å²) in [5, 5.41) is 0. The minimum absolute atomic E-state index is 0.101. The van der Waals surface area contributed by atoms with Crippen LogP contribution in [0, 0.1) is 0 Å². The largest absolute Gasteiger partial charge is 0.490 e. The third-order valence-corrected chi connectivity index (χ3v) is 5.53. The van der Waals surface area contributed by atoms with Crippen molar-refractivity contribution in [1.82, 2.24) is 4.90 Å². The van der Waals surface area contributed by atoms with Crippen LogP contribution in [0.25, 0.3) is 6.08 Å². The van der Waals surface area contributed by atoms with Gasteiger partial charge in [-0.05, 0) is 48.9 Å². The fourth-order valence-corrected chi connectivity index (χ4v) is 3.77. The molecule has 3 aliphatic rings. The van der Waals surface area contributed by atoms with Gasteiger partial charge in [0.1, 0.15) is 0 Å². The number of morpholine rings is 1. The molecule has 0 aromatic heterocycles. The van der Waals surface area contributed by atoms with Gasteiger partial charge in [-0.3, -0.25) is 4.79 Å². The number of cyclic esters (lactones) is 1. The fourth-order valence-electron chi connectivity index (χ4n) is 3.77. The van der Waals surface area contributed by atoms with E-state index >= 15 is 0 Å². The number of ether oxygens (including phenoxy) is 6. The van der Waals surface area contributed by atoms with Gasteiger partial charge in [0, 0.05) is 18.7 Å². The topological polar surface area (TPSA) is 105 Å². The Hall–Kier alpha value is -4.05. The van der Waals surface area contributed by atoms with Crippen LogP contribution < -0.4 is 18.9 Å². The Kier molecular flexibility index (Phi) is 6.53. The van der Waals surface area contributed by atoms with Gasteiger partial charge in [0.2, 0.25) is 12.7 Å². The molecule has 0 bridgehead atoms. The van der Waals surface area contributed by atoms with E-state index in [0.717, 1.165) is 0 Å². The van der Waals surface area contributed by atoms with Crippen LogP contribution in [0.2, 0.25) is 0 Å². The van der Waals surface area contributed by atoms with Crippen LogP contribution in [-0.2, 0) is 19.1 Å². The van der Waals surface area contributed by atoms with Crippen molar-refractivity contribution in [2.75, 3.05) is 46.3 Å². The summed E-state index contributed by atoms with van der Waals surface area (Å²) in [7, 11) is 0. The number of rotatable bonds is 7. The van der Waals surface area contributed by atoms with Gasteiger partial charge in [-0.25, -0.2) is 9.79 Å². The lowest BCUT2D eigenvalue weighted by Gasteiger charge is -2.26. The van der Waals surface area contributed by atoms with E-state index < -0.39 is 5.97 Å². The number of nitrogens with zero attached hydrogens (tertiary/aromatic N) is 2. The second kappa shape index (κ2) is 10.1. The van der Waals surface area contributed by atoms with E-state index in [0.29, 0.717) is 67.0 Å². The minimum atomic E-state index is -0.563. The Bertz CT molecular complexity index is 1200. The van der Waals surface area contributed by atoms with Crippen LogP contribution in [-0.4, -0.2) is 69.0 Å². The third kappa shape index (κ3) is 5.07. The molecular weight excluding hydrogens is 456 g/mol. The summed E-state index contributed by atoms with van der Waals surface area (Å²) in [4.78, 5) is 30.9. The standard InChI is InChI=1S/C25H24N2O8/c1-2-31-21-12-16(3-5-19(21)32-14-23(28)27-7-9-30-10-8-27)11-18-25(29)35-24(26-18)17-4-6-20-22(13-17)34-15-33-20/h3-6,11-13H,2,7-10,14-15H2,1H3/b18-11-. The number of hydrogen-bond acceptors (Lipinski definition) is 9. The van der Waals surface area contributed by atoms with Crippen molar-refractivity contribution in [3.05, 3.63) is 53.2 Å². The smallest absolute Gasteiger partial charge is 0.363 e. The average Bonchev–Trinajstić information content (AvgIpc) is 3.50. The molecule has 3 heterocycles. The quantitative estimate of drug-likeness (QED) is 0.440. The number of hydrogen-bond donors (Lipinski definition) is 0. The molecule has 5 rings (SSSR count). The van der Waals surface area contributed by atoms with E-state index in [1.807, 2.05) is 6.92 Å². The third-order valence-electron chi connectivity index (χ3n) is 5.53. The van der Waals surface area contributed by atoms with Gasteiger partial charge in [0.15, 0.2) is 35.3 Å². The highest BCUT2D eigenvalue weighted by atomic mass is 16.7. The van der Waals surface area contributed by atoms with Crippen LogP contribution in [0.15, 0.2) is 47.1 Å². The summed E-state index contributed by atoms with van der Waals surface area (Å²) in [5.74, 6) is 1.62. The highest BCUT2D eigenvalue weighted by molar-refractivity contribution is 6.13. The molecule has 35 heavy (non-hydrogen) atoms. The van der Waals surface area contributed by atoms with E-state index in [2.05, 4.69) is 4.99 Å². The molecule has 0 atom stereocenters. The maximum Gasteiger partial charge on any atom is 0.363 e. The van der Waals surface area contributed by atoms with Crippen LogP contribution in [0.1, 0.15) is 18.1 Å². The van der Waals surface area contributed by atoms with Gasteiger partial charge in [-0.15, -0.1) is 0 Å². The van der Waals surface area contributed by atoms with Crippen molar-refractivity contribution in [3.8, 4) is 23.0 Å². The predicted octanol–water partition coefficient (Wildman–Crippen LogP) is 2.40. The SMILES string of the molecule is CCOc1cc(/C=C2\N=C(c3ccc4c(c3)OCO4)OC2=O)ccc1OCC(=O)N1CCOCC1. The molecule has 10 nitrogen and oxygen atoms in total. The number of carbonyl (C=O) groups is 2. The summed E-state index contributed by atoms with van der Waals surface area (Å²) in [6, 6.07) is 10.4. The maximum atomic E-state index is 12.4. The van der Waals surface area contributed by atoms with Crippen LogP contribution in [0.3, 0.4) is 0 Å². The van der Waals surface area contributed by atoms with Crippen LogP contribution in [0.5, 0.6) is 23.0 Å². The molecule has 10 heteroatoms. The normalized spacial score (nSPS) is 17.9. The number of aliphatic imine (C=N–C) groups is 1. The monoisotopic (exact) mass is 480 g/mol. The van der Waals surface area contributed by atoms with Crippen molar-refractivity contribution in [3.63, 3.8) is 0 Å². The first-order valence-electron chi connectivity index (χ1n) is 11.3. The van der Waals surface area contributed by atoms with Gasteiger partial charge in [-0.2, -0.15) is 0 Å². The molecular formula is C25H24N2O8. The summed E-state index contributed by atoms with van der Waals surface area (Å²) in [6.45, 7) is 4.47. The summed E-state index contributed by atoms with van der Waals surface area (Å²) in [5.41, 5.74) is 1.42. The Labute approximate surface area is 201 Å². The molecule has 2 aromatic carbocycles. The predicted molar refractivity (Wildman–Crippen MR) is 124 cm³/mol. The average molecular weight is 480 g/mol. The number of esters is 1. The number of fused-ring (bicyclic) bond motifs is 1. The van der Waals surface area contributed by atoms with Crippen LogP contribution >= 0.6 is 0 Å². The van der Waals surface area contributed by atoms with Gasteiger partial charge < -0.3 is 33.3 Å². The van der Waals surface area contributed by atoms with Crippen LogP contribution in [0.4, 0.5) is 0 Å². The van der Waals surface area contributed by atoms with E-state index in [4.69, 9.17) is 28.4 Å². The van der Waals surface area contributed by atoms with E-state index in [1.165, 1.54) is 0 Å². The molecule has 0 spiro atoms. The number of carbonyl (C=O) groups excluding carboxylic acids is 2. The summed E-state index contributed by atoms with van der Waals surface area (Å²) >= 11 is 0. The zero-order valence-corrected chi connectivity index (χ0v) is 19.2. The van der Waals surface area contributed by atoms with Crippen molar-refractivity contribution >= 4 is 23.9 Å². The first kappa shape index (κ1) is 22.7. The lowest BCUT2D eigenvalue weighted by molar-refractivity contribution is -0.137. The van der Waals surface area contributed by atoms with Gasteiger partial charge >= 0.3 is 5.97 Å². The Morgan fingerprint density at radius 1 is 1.06 bits per heavy atom. The Morgan fingerprint density at radius 2 is 1.89 bits per heavy atom. The zero-order chi connectivity index (χ0) is 24.2. The van der Waals surface area contributed by atoms with Crippen molar-refractivity contribution in [2.24, 2.45) is 4.99 Å². The highest BCUT2D eigenvalue weighted by Crippen LogP contribution is 2.34. The molecule has 0 radical (unpaired) electrons.